The number of hydrogen-bond donors (Lipinski definition) is 1. The summed E-state index contributed by atoms with van der Waals surface area (Å²) < 4.78 is 26.0. The van der Waals surface area contributed by atoms with Crippen molar-refractivity contribution >= 4 is 10.0 Å². The fourth-order valence-electron chi connectivity index (χ4n) is 2.21. The first-order chi connectivity index (χ1) is 8.62. The summed E-state index contributed by atoms with van der Waals surface area (Å²) in [4.78, 5) is 3.95. The Morgan fingerprint density at radius 3 is 2.72 bits per heavy atom. The lowest BCUT2D eigenvalue weighted by atomic mass is 10.1. The van der Waals surface area contributed by atoms with Crippen molar-refractivity contribution in [1.82, 2.24) is 14.6 Å². The minimum atomic E-state index is -3.20. The van der Waals surface area contributed by atoms with Crippen LogP contribution in [0.2, 0.25) is 0 Å². The average Bonchev–Trinajstić information content (AvgIpc) is 2.39. The lowest BCUT2D eigenvalue weighted by Gasteiger charge is -2.30. The highest BCUT2D eigenvalue weighted by Crippen LogP contribution is 2.17. The predicted octanol–water partition coefficient (Wildman–Crippen LogP) is 0.595. The quantitative estimate of drug-likeness (QED) is 0.869. The molecular formula is C12H19N3O2S. The van der Waals surface area contributed by atoms with Crippen molar-refractivity contribution in [2.75, 3.05) is 20.1 Å². The second-order valence-corrected chi connectivity index (χ2v) is 6.55. The molecule has 0 aromatic carbocycles. The van der Waals surface area contributed by atoms with Gasteiger partial charge < -0.3 is 5.32 Å². The van der Waals surface area contributed by atoms with E-state index < -0.39 is 10.0 Å². The van der Waals surface area contributed by atoms with E-state index in [0.717, 1.165) is 18.4 Å². The van der Waals surface area contributed by atoms with Crippen LogP contribution in [0, 0.1) is 0 Å². The van der Waals surface area contributed by atoms with E-state index in [9.17, 15) is 8.42 Å². The molecule has 1 aliphatic rings. The molecule has 2 rings (SSSR count). The Hall–Kier alpha value is -0.980. The number of hydrogen-bond acceptors (Lipinski definition) is 4. The molecule has 1 aliphatic heterocycles. The largest absolute Gasteiger partial charge is 0.317 e. The summed E-state index contributed by atoms with van der Waals surface area (Å²) in [5.74, 6) is 0.0467. The van der Waals surface area contributed by atoms with Crippen LogP contribution in [0.4, 0.5) is 0 Å². The predicted molar refractivity (Wildman–Crippen MR) is 70.5 cm³/mol. The van der Waals surface area contributed by atoms with Gasteiger partial charge >= 0.3 is 0 Å². The van der Waals surface area contributed by atoms with Gasteiger partial charge in [0, 0.05) is 31.5 Å². The van der Waals surface area contributed by atoms with E-state index in [-0.39, 0.29) is 5.75 Å². The third kappa shape index (κ3) is 3.28. The number of nitrogens with one attached hydrogen (secondary N) is 1. The second-order valence-electron chi connectivity index (χ2n) is 4.58. The van der Waals surface area contributed by atoms with Gasteiger partial charge in [0.2, 0.25) is 10.0 Å². The molecule has 100 valence electrons. The van der Waals surface area contributed by atoms with Gasteiger partial charge in [-0.3, -0.25) is 4.98 Å². The molecule has 2 heterocycles. The van der Waals surface area contributed by atoms with Gasteiger partial charge in [-0.2, -0.15) is 0 Å². The molecule has 1 aromatic heterocycles. The Bertz CT molecular complexity index is 467. The van der Waals surface area contributed by atoms with Crippen LogP contribution in [0.15, 0.2) is 24.5 Å². The minimum Gasteiger partial charge on any atom is -0.317 e. The first-order valence-electron chi connectivity index (χ1n) is 6.16. The van der Waals surface area contributed by atoms with Gasteiger partial charge in [-0.1, -0.05) is 6.07 Å². The topological polar surface area (TPSA) is 62.3 Å². The highest BCUT2D eigenvalue weighted by Gasteiger charge is 2.27. The summed E-state index contributed by atoms with van der Waals surface area (Å²) >= 11 is 0. The number of nitrogens with zero attached hydrogens (tertiary/aromatic N) is 2. The van der Waals surface area contributed by atoms with Crippen LogP contribution < -0.4 is 5.32 Å². The van der Waals surface area contributed by atoms with Crippen LogP contribution >= 0.6 is 0 Å². The number of aromatic nitrogens is 1. The van der Waals surface area contributed by atoms with Crippen LogP contribution in [-0.4, -0.2) is 43.9 Å². The van der Waals surface area contributed by atoms with Crippen molar-refractivity contribution in [2.24, 2.45) is 0 Å². The molecule has 0 amide bonds. The summed E-state index contributed by atoms with van der Waals surface area (Å²) in [7, 11) is -1.28. The van der Waals surface area contributed by atoms with Gasteiger partial charge in [-0.25, -0.2) is 12.7 Å². The molecule has 0 unspecified atom stereocenters. The van der Waals surface area contributed by atoms with Crippen LogP contribution in [-0.2, 0) is 15.8 Å². The molecule has 0 aliphatic carbocycles. The molecule has 0 spiro atoms. The summed E-state index contributed by atoms with van der Waals surface area (Å²) in [5, 5.41) is 3.19. The highest BCUT2D eigenvalue weighted by atomic mass is 32.2. The Balaban J connectivity index is 2.00. The Morgan fingerprint density at radius 1 is 1.44 bits per heavy atom. The van der Waals surface area contributed by atoms with E-state index in [1.54, 1.807) is 28.8 Å². The molecule has 1 aromatic rings. The van der Waals surface area contributed by atoms with Crippen molar-refractivity contribution in [3.8, 4) is 0 Å². The van der Waals surface area contributed by atoms with Gasteiger partial charge in [0.15, 0.2) is 0 Å². The third-order valence-electron chi connectivity index (χ3n) is 3.33. The summed E-state index contributed by atoms with van der Waals surface area (Å²) in [6.07, 6.45) is 5.01. The second kappa shape index (κ2) is 5.77. The van der Waals surface area contributed by atoms with E-state index in [1.165, 1.54) is 0 Å². The van der Waals surface area contributed by atoms with Crippen molar-refractivity contribution in [2.45, 2.75) is 24.6 Å². The molecule has 6 heteroatoms. The molecule has 0 bridgehead atoms. The first kappa shape index (κ1) is 13.5. The van der Waals surface area contributed by atoms with E-state index in [1.807, 2.05) is 7.05 Å². The summed E-state index contributed by atoms with van der Waals surface area (Å²) in [6.45, 7) is 1.21. The maximum atomic E-state index is 12.2. The molecule has 0 atom stereocenters. The first-order valence-corrected chi connectivity index (χ1v) is 7.77. The van der Waals surface area contributed by atoms with E-state index in [2.05, 4.69) is 10.3 Å². The molecule has 1 saturated heterocycles. The number of piperidine rings is 1. The maximum absolute atomic E-state index is 12.2. The summed E-state index contributed by atoms with van der Waals surface area (Å²) in [5.41, 5.74) is 0.744. The molecular weight excluding hydrogens is 250 g/mol. The maximum Gasteiger partial charge on any atom is 0.218 e. The lowest BCUT2D eigenvalue weighted by molar-refractivity contribution is 0.298. The third-order valence-corrected chi connectivity index (χ3v) is 5.18. The van der Waals surface area contributed by atoms with E-state index >= 15 is 0 Å². The summed E-state index contributed by atoms with van der Waals surface area (Å²) in [6, 6.07) is 4.00. The minimum absolute atomic E-state index is 0.0467. The monoisotopic (exact) mass is 269 g/mol. The van der Waals surface area contributed by atoms with Crippen molar-refractivity contribution < 1.29 is 8.42 Å². The fraction of sp³-hybridized carbons (Fsp3) is 0.583. The Kier molecular flexibility index (Phi) is 4.31. The van der Waals surface area contributed by atoms with Gasteiger partial charge in [0.05, 0.1) is 5.75 Å². The molecule has 1 N–H and O–H groups in total. The van der Waals surface area contributed by atoms with Gasteiger partial charge in [0.1, 0.15) is 0 Å². The van der Waals surface area contributed by atoms with Gasteiger partial charge in [-0.05, 0) is 31.5 Å². The van der Waals surface area contributed by atoms with Crippen molar-refractivity contribution in [1.29, 1.82) is 0 Å². The molecule has 1 fully saturated rings. The van der Waals surface area contributed by atoms with E-state index in [0.29, 0.717) is 19.1 Å². The molecule has 0 saturated carbocycles. The van der Waals surface area contributed by atoms with Crippen molar-refractivity contribution in [3.05, 3.63) is 30.1 Å². The van der Waals surface area contributed by atoms with E-state index in [4.69, 9.17) is 0 Å². The van der Waals surface area contributed by atoms with Crippen molar-refractivity contribution in [3.63, 3.8) is 0 Å². The van der Waals surface area contributed by atoms with Crippen LogP contribution in [0.5, 0.6) is 0 Å². The van der Waals surface area contributed by atoms with Gasteiger partial charge in [0.25, 0.3) is 0 Å². The zero-order chi connectivity index (χ0) is 13.0. The number of pyridine rings is 1. The zero-order valence-corrected chi connectivity index (χ0v) is 11.4. The SMILES string of the molecule is CNC1CCN(S(=O)(=O)Cc2cccnc2)CC1. The highest BCUT2D eigenvalue weighted by molar-refractivity contribution is 7.88. The smallest absolute Gasteiger partial charge is 0.218 e. The number of sulfonamides is 1. The average molecular weight is 269 g/mol. The number of rotatable bonds is 4. The molecule has 18 heavy (non-hydrogen) atoms. The van der Waals surface area contributed by atoms with Gasteiger partial charge in [-0.15, -0.1) is 0 Å². The van der Waals surface area contributed by atoms with Crippen LogP contribution in [0.3, 0.4) is 0 Å². The molecule has 0 radical (unpaired) electrons. The molecule has 5 nitrogen and oxygen atoms in total. The Labute approximate surface area is 108 Å². The standard InChI is InChI=1S/C12H19N3O2S/c1-13-12-4-7-15(8-5-12)18(16,17)10-11-3-2-6-14-9-11/h2-3,6,9,12-13H,4-5,7-8,10H2,1H3. The lowest BCUT2D eigenvalue weighted by Crippen LogP contribution is -2.44. The zero-order valence-electron chi connectivity index (χ0n) is 10.5. The van der Waals surface area contributed by atoms with Crippen LogP contribution in [0.25, 0.3) is 0 Å². The fourth-order valence-corrected chi connectivity index (χ4v) is 3.75. The normalized spacial score (nSPS) is 18.9. The Morgan fingerprint density at radius 2 is 2.17 bits per heavy atom. The van der Waals surface area contributed by atoms with Crippen LogP contribution in [0.1, 0.15) is 18.4 Å².